The third kappa shape index (κ3) is 4.26. The molecule has 6 nitrogen and oxygen atoms in total. The number of para-hydroxylation sites is 1. The largest absolute Gasteiger partial charge is 0.457 e. The fourth-order valence-corrected chi connectivity index (χ4v) is 5.03. The minimum atomic E-state index is -0.454. The van der Waals surface area contributed by atoms with Gasteiger partial charge in [0.1, 0.15) is 16.7 Å². The van der Waals surface area contributed by atoms with Crippen LogP contribution in [-0.4, -0.2) is 40.1 Å². The number of aliphatic imine (C=N–C) groups is 1. The molecule has 2 aliphatic heterocycles. The normalized spacial score (nSPS) is 23.1. The van der Waals surface area contributed by atoms with Crippen LogP contribution in [0.2, 0.25) is 0 Å². The summed E-state index contributed by atoms with van der Waals surface area (Å²) in [4.78, 5) is 30.6. The summed E-state index contributed by atoms with van der Waals surface area (Å²) >= 11 is 1.43. The molecule has 2 aromatic rings. The summed E-state index contributed by atoms with van der Waals surface area (Å²) < 4.78 is 5.84. The number of hydrogen-bond donors (Lipinski definition) is 1. The second-order valence-corrected chi connectivity index (χ2v) is 8.47. The molecule has 2 aromatic carbocycles. The van der Waals surface area contributed by atoms with Crippen molar-refractivity contribution < 1.29 is 14.3 Å². The Kier molecular flexibility index (Phi) is 5.90. The number of amides is 2. The van der Waals surface area contributed by atoms with Crippen molar-refractivity contribution in [3.8, 4) is 11.5 Å². The maximum absolute atomic E-state index is 12.1. The number of thioether (sulfide) groups is 1. The summed E-state index contributed by atoms with van der Waals surface area (Å²) in [5.74, 6) is 1.15. The van der Waals surface area contributed by atoms with Gasteiger partial charge in [-0.25, -0.2) is 0 Å². The minimum absolute atomic E-state index is 0.0712. The SMILES string of the molecule is C=CC(=O)N1CCC(C2=NC(c3ccc(Oc4ccccc4)cc3)C(C(N)=O)S2)C1. The van der Waals surface area contributed by atoms with E-state index in [1.54, 1.807) is 4.90 Å². The molecule has 4 rings (SSSR count). The van der Waals surface area contributed by atoms with E-state index in [0.717, 1.165) is 22.8 Å². The molecule has 1 saturated heterocycles. The Morgan fingerprint density at radius 2 is 1.83 bits per heavy atom. The zero-order chi connectivity index (χ0) is 21.1. The Morgan fingerprint density at radius 3 is 2.50 bits per heavy atom. The molecule has 3 atom stereocenters. The Labute approximate surface area is 179 Å². The molecule has 30 heavy (non-hydrogen) atoms. The van der Waals surface area contributed by atoms with E-state index in [0.29, 0.717) is 18.8 Å². The maximum atomic E-state index is 12.1. The summed E-state index contributed by atoms with van der Waals surface area (Å²) in [7, 11) is 0. The molecule has 0 bridgehead atoms. The number of likely N-dealkylation sites (tertiary alicyclic amines) is 1. The first-order chi connectivity index (χ1) is 14.5. The van der Waals surface area contributed by atoms with Gasteiger partial charge in [-0.05, 0) is 42.3 Å². The summed E-state index contributed by atoms with van der Waals surface area (Å²) in [5, 5.41) is 0.442. The average Bonchev–Trinajstić information content (AvgIpc) is 3.42. The van der Waals surface area contributed by atoms with Gasteiger partial charge in [-0.2, -0.15) is 0 Å². The van der Waals surface area contributed by atoms with Crippen molar-refractivity contribution >= 4 is 28.6 Å². The monoisotopic (exact) mass is 421 g/mol. The van der Waals surface area contributed by atoms with E-state index >= 15 is 0 Å². The molecule has 0 radical (unpaired) electrons. The highest BCUT2D eigenvalue weighted by molar-refractivity contribution is 8.15. The van der Waals surface area contributed by atoms with Gasteiger partial charge in [0, 0.05) is 19.0 Å². The first-order valence-electron chi connectivity index (χ1n) is 9.83. The molecule has 154 valence electrons. The van der Waals surface area contributed by atoms with Crippen molar-refractivity contribution in [3.63, 3.8) is 0 Å². The van der Waals surface area contributed by atoms with Crippen LogP contribution in [0.4, 0.5) is 0 Å². The summed E-state index contributed by atoms with van der Waals surface area (Å²) in [6, 6.07) is 16.8. The van der Waals surface area contributed by atoms with E-state index in [1.165, 1.54) is 17.8 Å². The van der Waals surface area contributed by atoms with E-state index in [9.17, 15) is 9.59 Å². The Bertz CT molecular complexity index is 975. The molecule has 2 amide bonds. The van der Waals surface area contributed by atoms with Crippen LogP contribution in [0.15, 0.2) is 72.2 Å². The van der Waals surface area contributed by atoms with Crippen LogP contribution in [0, 0.1) is 5.92 Å². The van der Waals surface area contributed by atoms with Crippen LogP contribution < -0.4 is 10.5 Å². The van der Waals surface area contributed by atoms with Gasteiger partial charge in [0.2, 0.25) is 11.8 Å². The van der Waals surface area contributed by atoms with E-state index in [2.05, 4.69) is 6.58 Å². The van der Waals surface area contributed by atoms with E-state index in [4.69, 9.17) is 15.5 Å². The quantitative estimate of drug-likeness (QED) is 0.723. The van der Waals surface area contributed by atoms with E-state index in [-0.39, 0.29) is 23.8 Å². The van der Waals surface area contributed by atoms with Crippen LogP contribution in [0.1, 0.15) is 18.0 Å². The first-order valence-corrected chi connectivity index (χ1v) is 10.7. The average molecular weight is 422 g/mol. The van der Waals surface area contributed by atoms with Gasteiger partial charge in [0.05, 0.1) is 11.1 Å². The van der Waals surface area contributed by atoms with Crippen molar-refractivity contribution in [1.29, 1.82) is 0 Å². The number of ether oxygens (including phenoxy) is 1. The van der Waals surface area contributed by atoms with Crippen LogP contribution in [0.25, 0.3) is 0 Å². The van der Waals surface area contributed by atoms with Crippen molar-refractivity contribution in [3.05, 3.63) is 72.8 Å². The number of benzene rings is 2. The summed E-state index contributed by atoms with van der Waals surface area (Å²) in [5.41, 5.74) is 6.60. The highest BCUT2D eigenvalue weighted by Gasteiger charge is 2.40. The second-order valence-electron chi connectivity index (χ2n) is 7.31. The van der Waals surface area contributed by atoms with E-state index < -0.39 is 5.25 Å². The third-order valence-electron chi connectivity index (χ3n) is 5.31. The number of primary amides is 1. The van der Waals surface area contributed by atoms with Gasteiger partial charge in [-0.15, -0.1) is 0 Å². The van der Waals surface area contributed by atoms with Crippen LogP contribution >= 0.6 is 11.8 Å². The standard InChI is InChI=1S/C23H23N3O3S/c1-2-19(27)26-13-12-16(14-26)23-25-20(21(30-23)22(24)28)15-8-10-18(11-9-15)29-17-6-4-3-5-7-17/h2-11,16,20-21H,1,12-14H2,(H2,24,28). The zero-order valence-electron chi connectivity index (χ0n) is 16.4. The zero-order valence-corrected chi connectivity index (χ0v) is 17.3. The third-order valence-corrected chi connectivity index (χ3v) is 6.73. The number of carbonyl (C=O) groups excluding carboxylic acids is 2. The van der Waals surface area contributed by atoms with Crippen LogP contribution in [0.5, 0.6) is 11.5 Å². The van der Waals surface area contributed by atoms with Gasteiger partial charge in [0.15, 0.2) is 0 Å². The van der Waals surface area contributed by atoms with Gasteiger partial charge in [-0.1, -0.05) is 48.7 Å². The van der Waals surface area contributed by atoms with Crippen LogP contribution in [0.3, 0.4) is 0 Å². The van der Waals surface area contributed by atoms with Gasteiger partial charge >= 0.3 is 0 Å². The molecular formula is C23H23N3O3S. The van der Waals surface area contributed by atoms with Crippen molar-refractivity contribution in [1.82, 2.24) is 4.90 Å². The molecule has 2 N–H and O–H groups in total. The molecule has 0 aliphatic carbocycles. The summed E-state index contributed by atoms with van der Waals surface area (Å²) in [6.45, 7) is 4.82. The lowest BCUT2D eigenvalue weighted by atomic mass is 10.0. The Morgan fingerprint density at radius 1 is 1.13 bits per heavy atom. The van der Waals surface area contributed by atoms with Gasteiger partial charge in [-0.3, -0.25) is 14.6 Å². The first kappa shape index (κ1) is 20.2. The number of carbonyl (C=O) groups is 2. The highest BCUT2D eigenvalue weighted by atomic mass is 32.2. The Hall–Kier alpha value is -3.06. The molecule has 0 spiro atoms. The minimum Gasteiger partial charge on any atom is -0.457 e. The smallest absolute Gasteiger partial charge is 0.245 e. The maximum Gasteiger partial charge on any atom is 0.245 e. The molecule has 2 heterocycles. The molecular weight excluding hydrogens is 398 g/mol. The lowest BCUT2D eigenvalue weighted by Crippen LogP contribution is -2.29. The predicted octanol–water partition coefficient (Wildman–Crippen LogP) is 3.55. The molecule has 7 heteroatoms. The van der Waals surface area contributed by atoms with Crippen molar-refractivity contribution in [2.24, 2.45) is 16.6 Å². The fraction of sp³-hybridized carbons (Fsp3) is 0.261. The number of hydrogen-bond acceptors (Lipinski definition) is 5. The van der Waals surface area contributed by atoms with Crippen molar-refractivity contribution in [2.75, 3.05) is 13.1 Å². The van der Waals surface area contributed by atoms with Gasteiger partial charge < -0.3 is 15.4 Å². The highest BCUT2D eigenvalue weighted by Crippen LogP contribution is 2.42. The molecule has 0 aromatic heterocycles. The molecule has 1 fully saturated rings. The number of rotatable bonds is 6. The number of nitrogens with zero attached hydrogens (tertiary/aromatic N) is 2. The Balaban J connectivity index is 1.50. The van der Waals surface area contributed by atoms with Crippen molar-refractivity contribution in [2.45, 2.75) is 17.7 Å². The number of nitrogens with two attached hydrogens (primary N) is 1. The van der Waals surface area contributed by atoms with E-state index in [1.807, 2.05) is 54.6 Å². The lowest BCUT2D eigenvalue weighted by molar-refractivity contribution is -0.125. The molecule has 2 aliphatic rings. The topological polar surface area (TPSA) is 85.0 Å². The van der Waals surface area contributed by atoms with Gasteiger partial charge in [0.25, 0.3) is 0 Å². The molecule has 3 unspecified atom stereocenters. The van der Waals surface area contributed by atoms with Crippen LogP contribution in [-0.2, 0) is 9.59 Å². The summed E-state index contributed by atoms with van der Waals surface area (Å²) in [6.07, 6.45) is 2.16. The lowest BCUT2D eigenvalue weighted by Gasteiger charge is -2.15. The predicted molar refractivity (Wildman–Crippen MR) is 119 cm³/mol. The second kappa shape index (κ2) is 8.75. The molecule has 0 saturated carbocycles. The fourth-order valence-electron chi connectivity index (χ4n) is 3.74.